The fourth-order valence-electron chi connectivity index (χ4n) is 3.27. The van der Waals surface area contributed by atoms with E-state index >= 15 is 0 Å². The molecule has 0 heterocycles. The first-order chi connectivity index (χ1) is 15.4. The minimum atomic E-state index is -1.78. The fourth-order valence-corrected chi connectivity index (χ4v) is 6.21. The molecule has 0 saturated heterocycles. The van der Waals surface area contributed by atoms with Crippen LogP contribution in [0.25, 0.3) is 0 Å². The van der Waals surface area contributed by atoms with Crippen molar-refractivity contribution in [2.24, 2.45) is 0 Å². The third-order valence-electron chi connectivity index (χ3n) is 4.87. The second-order valence-corrected chi connectivity index (χ2v) is 11.1. The Balaban J connectivity index is 0.000000355. The second-order valence-electron chi connectivity index (χ2n) is 7.98. The fraction of sp³-hybridized carbons (Fsp3) is 0.267. The third kappa shape index (κ3) is 9.25. The summed E-state index contributed by atoms with van der Waals surface area (Å²) in [4.78, 5) is 10.0. The van der Waals surface area contributed by atoms with Gasteiger partial charge in [0.05, 0.1) is 0 Å². The minimum Gasteiger partial charge on any atom is -0.300 e. The summed E-state index contributed by atoms with van der Waals surface area (Å²) in [6, 6.07) is 31.9. The van der Waals surface area contributed by atoms with Gasteiger partial charge >= 0.3 is 0 Å². The van der Waals surface area contributed by atoms with Crippen molar-refractivity contribution in [1.82, 2.24) is 0 Å². The molecule has 0 aliphatic carbocycles. The molecular weight excluding hydrogens is 407 g/mol. The Morgan fingerprint density at radius 1 is 0.656 bits per heavy atom. The van der Waals surface area contributed by atoms with Crippen LogP contribution in [-0.2, 0) is 4.79 Å². The molecule has 0 fully saturated rings. The van der Waals surface area contributed by atoms with Crippen LogP contribution in [0.5, 0.6) is 0 Å². The molecule has 0 bridgehead atoms. The van der Waals surface area contributed by atoms with E-state index < -0.39 is 6.89 Å². The maximum Gasteiger partial charge on any atom is 0.129 e. The molecule has 2 heteroatoms. The van der Waals surface area contributed by atoms with Gasteiger partial charge in [-0.15, -0.1) is 6.58 Å². The summed E-state index contributed by atoms with van der Waals surface area (Å²) in [6.45, 7) is 9.80. The molecule has 0 aromatic heterocycles. The zero-order chi connectivity index (χ0) is 23.8. The van der Waals surface area contributed by atoms with E-state index in [0.29, 0.717) is 0 Å². The Bertz CT molecular complexity index is 840. The molecule has 0 saturated carbocycles. The SMILES string of the molecule is C=C(C)CCC.C=P(c1ccccc1)(c1ccccc1)c1ccccc1.CCCC(C)=O. The van der Waals surface area contributed by atoms with Crippen molar-refractivity contribution < 1.29 is 4.79 Å². The Hall–Kier alpha value is -2.63. The maximum absolute atomic E-state index is 10.0. The topological polar surface area (TPSA) is 17.1 Å². The largest absolute Gasteiger partial charge is 0.300 e. The Labute approximate surface area is 196 Å². The van der Waals surface area contributed by atoms with E-state index in [4.69, 9.17) is 6.30 Å². The molecule has 0 spiro atoms. The van der Waals surface area contributed by atoms with Crippen molar-refractivity contribution in [2.45, 2.75) is 53.4 Å². The molecule has 0 N–H and O–H groups in total. The van der Waals surface area contributed by atoms with Crippen LogP contribution in [0.3, 0.4) is 0 Å². The van der Waals surface area contributed by atoms with Crippen molar-refractivity contribution in [2.75, 3.05) is 0 Å². The van der Waals surface area contributed by atoms with Crippen LogP contribution in [0.15, 0.2) is 103 Å². The molecule has 32 heavy (non-hydrogen) atoms. The molecular formula is C30H39OP. The number of ketones is 1. The molecule has 0 unspecified atom stereocenters. The average Bonchev–Trinajstić information content (AvgIpc) is 2.81. The van der Waals surface area contributed by atoms with E-state index in [0.717, 1.165) is 12.8 Å². The van der Waals surface area contributed by atoms with Gasteiger partial charge in [-0.1, -0.05) is 123 Å². The summed E-state index contributed by atoms with van der Waals surface area (Å²) < 4.78 is 0. The number of Topliss-reactive ketones (excluding diaryl/α,β-unsaturated/α-hetero) is 1. The van der Waals surface area contributed by atoms with E-state index in [9.17, 15) is 4.79 Å². The van der Waals surface area contributed by atoms with Gasteiger partial charge in [-0.05, 0) is 49.5 Å². The normalized spacial score (nSPS) is 10.1. The van der Waals surface area contributed by atoms with Gasteiger partial charge in [-0.25, -0.2) is 0 Å². The molecule has 0 atom stereocenters. The van der Waals surface area contributed by atoms with Crippen LogP contribution in [0.4, 0.5) is 0 Å². The van der Waals surface area contributed by atoms with Crippen LogP contribution in [0, 0.1) is 0 Å². The third-order valence-corrected chi connectivity index (χ3v) is 8.41. The summed E-state index contributed by atoms with van der Waals surface area (Å²) in [5, 5.41) is 3.95. The zero-order valence-corrected chi connectivity index (χ0v) is 21.2. The molecule has 0 amide bonds. The van der Waals surface area contributed by atoms with Crippen LogP contribution in [-0.4, -0.2) is 12.1 Å². The molecule has 170 valence electrons. The van der Waals surface area contributed by atoms with Crippen molar-refractivity contribution in [3.8, 4) is 0 Å². The number of carbonyl (C=O) groups excluding carboxylic acids is 1. The molecule has 3 rings (SSSR count). The standard InChI is InChI=1S/C19H17P.C6H12.C5H10O/c1-20(17-11-5-2-6-12-17,18-13-7-3-8-14-18)19-15-9-4-10-16-19;1-4-5-6(2)3;1-3-4-5(2)6/h2-16H,1H2;2,4-5H2,1,3H3;3-4H2,1-2H3. The smallest absolute Gasteiger partial charge is 0.129 e. The number of carbonyl (C=O) groups is 1. The lowest BCUT2D eigenvalue weighted by Gasteiger charge is -2.26. The van der Waals surface area contributed by atoms with E-state index in [1.165, 1.54) is 34.3 Å². The number of rotatable bonds is 7. The highest BCUT2D eigenvalue weighted by molar-refractivity contribution is 7.93. The van der Waals surface area contributed by atoms with Crippen molar-refractivity contribution in [3.63, 3.8) is 0 Å². The first kappa shape index (κ1) is 27.4. The Kier molecular flexibility index (Phi) is 13.0. The van der Waals surface area contributed by atoms with E-state index in [2.05, 4.69) is 111 Å². The molecule has 0 aliphatic heterocycles. The number of hydrogen-bond donors (Lipinski definition) is 0. The van der Waals surface area contributed by atoms with E-state index in [1.807, 2.05) is 6.92 Å². The number of hydrogen-bond acceptors (Lipinski definition) is 1. The van der Waals surface area contributed by atoms with Gasteiger partial charge < -0.3 is 4.79 Å². The van der Waals surface area contributed by atoms with E-state index in [1.54, 1.807) is 6.92 Å². The summed E-state index contributed by atoms with van der Waals surface area (Å²) in [7, 11) is 0. The highest BCUT2D eigenvalue weighted by atomic mass is 31.2. The van der Waals surface area contributed by atoms with Crippen molar-refractivity contribution in [1.29, 1.82) is 0 Å². The van der Waals surface area contributed by atoms with Gasteiger partial charge in [0.25, 0.3) is 0 Å². The van der Waals surface area contributed by atoms with Crippen molar-refractivity contribution in [3.05, 3.63) is 103 Å². The lowest BCUT2D eigenvalue weighted by Crippen LogP contribution is -2.25. The van der Waals surface area contributed by atoms with Gasteiger partial charge in [0.15, 0.2) is 0 Å². The van der Waals surface area contributed by atoms with Gasteiger partial charge in [-0.3, -0.25) is 0 Å². The monoisotopic (exact) mass is 446 g/mol. The minimum absolute atomic E-state index is 0.289. The summed E-state index contributed by atoms with van der Waals surface area (Å²) in [5.74, 6) is 0.289. The average molecular weight is 447 g/mol. The molecule has 0 radical (unpaired) electrons. The van der Waals surface area contributed by atoms with Crippen LogP contribution < -0.4 is 15.9 Å². The summed E-state index contributed by atoms with van der Waals surface area (Å²) >= 11 is 0. The quantitative estimate of drug-likeness (QED) is 0.278. The maximum atomic E-state index is 10.0. The number of allylic oxidation sites excluding steroid dienone is 1. The first-order valence-corrected chi connectivity index (χ1v) is 13.4. The van der Waals surface area contributed by atoms with Gasteiger partial charge in [0.2, 0.25) is 0 Å². The predicted molar refractivity (Wildman–Crippen MR) is 148 cm³/mol. The second kappa shape index (κ2) is 15.2. The van der Waals surface area contributed by atoms with Crippen LogP contribution >= 0.6 is 6.89 Å². The van der Waals surface area contributed by atoms with Crippen molar-refractivity contribution >= 4 is 34.9 Å². The molecule has 3 aromatic rings. The molecule has 3 aromatic carbocycles. The summed E-state index contributed by atoms with van der Waals surface area (Å²) in [6.07, 6.45) is 8.82. The number of benzene rings is 3. The van der Waals surface area contributed by atoms with Crippen LogP contribution in [0.1, 0.15) is 53.4 Å². The molecule has 1 nitrogen and oxygen atoms in total. The zero-order valence-electron chi connectivity index (χ0n) is 20.3. The summed E-state index contributed by atoms with van der Waals surface area (Å²) in [5.41, 5.74) is 1.29. The lowest BCUT2D eigenvalue weighted by atomic mass is 10.2. The van der Waals surface area contributed by atoms with Gasteiger partial charge in [0.1, 0.15) is 5.78 Å². The molecule has 0 aliphatic rings. The lowest BCUT2D eigenvalue weighted by molar-refractivity contribution is -0.117. The van der Waals surface area contributed by atoms with Gasteiger partial charge in [-0.2, -0.15) is 0 Å². The highest BCUT2D eigenvalue weighted by Gasteiger charge is 2.21. The Morgan fingerprint density at radius 3 is 1.12 bits per heavy atom. The highest BCUT2D eigenvalue weighted by Crippen LogP contribution is 2.41. The predicted octanol–water partition coefficient (Wildman–Crippen LogP) is 7.15. The van der Waals surface area contributed by atoms with Gasteiger partial charge in [0, 0.05) is 6.42 Å². The first-order valence-electron chi connectivity index (χ1n) is 11.4. The van der Waals surface area contributed by atoms with Crippen LogP contribution in [0.2, 0.25) is 0 Å². The van der Waals surface area contributed by atoms with E-state index in [-0.39, 0.29) is 5.78 Å². The Morgan fingerprint density at radius 2 is 0.969 bits per heavy atom.